The minimum atomic E-state index is -0.403. The summed E-state index contributed by atoms with van der Waals surface area (Å²) >= 11 is 0. The molecule has 3 heteroatoms. The second-order valence-corrected chi connectivity index (χ2v) is 2.57. The minimum Gasteiger partial charge on any atom is -0.463 e. The van der Waals surface area contributed by atoms with E-state index >= 15 is 0 Å². The van der Waals surface area contributed by atoms with Crippen LogP contribution in [0.1, 0.15) is 28.6 Å². The van der Waals surface area contributed by atoms with E-state index in [4.69, 9.17) is 4.42 Å². The molecule has 0 radical (unpaired) electrons. The summed E-state index contributed by atoms with van der Waals surface area (Å²) in [5.74, 6) is -0.0718. The van der Waals surface area contributed by atoms with Gasteiger partial charge in [-0.05, 0) is 18.9 Å². The van der Waals surface area contributed by atoms with Crippen LogP contribution >= 0.6 is 0 Å². The molecule has 3 nitrogen and oxygen atoms in total. The molecule has 1 heterocycles. The highest BCUT2D eigenvalue weighted by molar-refractivity contribution is 5.88. The van der Waals surface area contributed by atoms with Crippen molar-refractivity contribution in [3.63, 3.8) is 0 Å². The highest BCUT2D eigenvalue weighted by atomic mass is 16.5. The van der Waals surface area contributed by atoms with Gasteiger partial charge in [-0.3, -0.25) is 0 Å². The molecule has 0 unspecified atom stereocenters. The molecule has 0 aliphatic rings. The van der Waals surface area contributed by atoms with Gasteiger partial charge in [0.05, 0.1) is 13.4 Å². The molecule has 12 heavy (non-hydrogen) atoms. The van der Waals surface area contributed by atoms with Crippen molar-refractivity contribution in [1.29, 1.82) is 0 Å². The van der Waals surface area contributed by atoms with Gasteiger partial charge in [0.2, 0.25) is 5.76 Å². The number of esters is 1. The molecule has 0 N–H and O–H groups in total. The van der Waals surface area contributed by atoms with Crippen molar-refractivity contribution in [1.82, 2.24) is 0 Å². The van der Waals surface area contributed by atoms with E-state index in [1.54, 1.807) is 6.26 Å². The summed E-state index contributed by atoms with van der Waals surface area (Å²) < 4.78 is 9.62. The Kier molecular flexibility index (Phi) is 2.53. The summed E-state index contributed by atoms with van der Waals surface area (Å²) in [6, 6.07) is 0. The molecule has 1 aromatic rings. The highest BCUT2D eigenvalue weighted by Crippen LogP contribution is 2.17. The first kappa shape index (κ1) is 8.84. The van der Waals surface area contributed by atoms with Crippen molar-refractivity contribution in [2.45, 2.75) is 20.3 Å². The molecule has 0 aliphatic heterocycles. The average Bonchev–Trinajstić information content (AvgIpc) is 2.45. The molecule has 0 fully saturated rings. The van der Waals surface area contributed by atoms with Crippen LogP contribution in [0.3, 0.4) is 0 Å². The van der Waals surface area contributed by atoms with E-state index in [0.717, 1.165) is 17.5 Å². The van der Waals surface area contributed by atoms with Crippen LogP contribution in [-0.2, 0) is 11.2 Å². The van der Waals surface area contributed by atoms with Gasteiger partial charge in [-0.1, -0.05) is 6.92 Å². The van der Waals surface area contributed by atoms with E-state index in [-0.39, 0.29) is 0 Å². The number of hydrogen-bond acceptors (Lipinski definition) is 3. The lowest BCUT2D eigenvalue weighted by Crippen LogP contribution is -2.02. The number of aryl methyl sites for hydroxylation is 1. The molecule has 0 saturated carbocycles. The van der Waals surface area contributed by atoms with E-state index in [2.05, 4.69) is 4.74 Å². The Morgan fingerprint density at radius 1 is 1.67 bits per heavy atom. The first-order chi connectivity index (χ1) is 5.70. The second kappa shape index (κ2) is 3.43. The Morgan fingerprint density at radius 3 is 2.83 bits per heavy atom. The summed E-state index contributed by atoms with van der Waals surface area (Å²) in [6.45, 7) is 3.89. The van der Waals surface area contributed by atoms with Crippen molar-refractivity contribution >= 4 is 5.97 Å². The maximum atomic E-state index is 11.1. The molecular formula is C9H12O3. The number of methoxy groups -OCH3 is 1. The molecule has 0 amide bonds. The number of carbonyl (C=O) groups is 1. The summed E-state index contributed by atoms with van der Waals surface area (Å²) in [5, 5.41) is 0. The van der Waals surface area contributed by atoms with Crippen LogP contribution < -0.4 is 0 Å². The van der Waals surface area contributed by atoms with Crippen molar-refractivity contribution in [3.05, 3.63) is 23.2 Å². The lowest BCUT2D eigenvalue weighted by Gasteiger charge is -1.97. The van der Waals surface area contributed by atoms with Crippen LogP contribution in [0.25, 0.3) is 0 Å². The third-order valence-corrected chi connectivity index (χ3v) is 1.83. The fraction of sp³-hybridized carbons (Fsp3) is 0.444. The van der Waals surface area contributed by atoms with Crippen LogP contribution in [0, 0.1) is 6.92 Å². The molecular weight excluding hydrogens is 156 g/mol. The molecule has 1 rings (SSSR count). The maximum absolute atomic E-state index is 11.1. The fourth-order valence-electron chi connectivity index (χ4n) is 1.17. The van der Waals surface area contributed by atoms with Gasteiger partial charge in [0.25, 0.3) is 0 Å². The van der Waals surface area contributed by atoms with E-state index in [1.165, 1.54) is 7.11 Å². The zero-order valence-electron chi connectivity index (χ0n) is 7.51. The fourth-order valence-corrected chi connectivity index (χ4v) is 1.17. The van der Waals surface area contributed by atoms with E-state index in [1.807, 2.05) is 13.8 Å². The SMILES string of the molecule is CCc1c(C)coc1C(=O)OC. The Bertz CT molecular complexity index is 286. The van der Waals surface area contributed by atoms with E-state index in [0.29, 0.717) is 5.76 Å². The van der Waals surface area contributed by atoms with Crippen LogP contribution in [-0.4, -0.2) is 13.1 Å². The quantitative estimate of drug-likeness (QED) is 0.633. The van der Waals surface area contributed by atoms with Crippen LogP contribution in [0.4, 0.5) is 0 Å². The zero-order chi connectivity index (χ0) is 9.14. The number of ether oxygens (including phenoxy) is 1. The van der Waals surface area contributed by atoms with Gasteiger partial charge in [-0.2, -0.15) is 0 Å². The largest absolute Gasteiger partial charge is 0.463 e. The second-order valence-electron chi connectivity index (χ2n) is 2.57. The number of furan rings is 1. The summed E-state index contributed by atoms with van der Waals surface area (Å²) in [4.78, 5) is 11.1. The third-order valence-electron chi connectivity index (χ3n) is 1.83. The van der Waals surface area contributed by atoms with Crippen LogP contribution in [0.2, 0.25) is 0 Å². The van der Waals surface area contributed by atoms with Crippen molar-refractivity contribution in [3.8, 4) is 0 Å². The van der Waals surface area contributed by atoms with Gasteiger partial charge in [-0.15, -0.1) is 0 Å². The Labute approximate surface area is 71.3 Å². The minimum absolute atomic E-state index is 0.331. The topological polar surface area (TPSA) is 39.4 Å². The van der Waals surface area contributed by atoms with E-state index < -0.39 is 5.97 Å². The lowest BCUT2D eigenvalue weighted by atomic mass is 10.1. The highest BCUT2D eigenvalue weighted by Gasteiger charge is 2.16. The summed E-state index contributed by atoms with van der Waals surface area (Å²) in [5.41, 5.74) is 1.93. The number of rotatable bonds is 2. The lowest BCUT2D eigenvalue weighted by molar-refractivity contribution is 0.0563. The molecule has 66 valence electrons. The zero-order valence-corrected chi connectivity index (χ0v) is 7.51. The molecule has 0 aromatic carbocycles. The van der Waals surface area contributed by atoms with E-state index in [9.17, 15) is 4.79 Å². The summed E-state index contributed by atoms with van der Waals surface area (Å²) in [6.07, 6.45) is 2.36. The Balaban J connectivity index is 3.07. The molecule has 0 aliphatic carbocycles. The van der Waals surface area contributed by atoms with Crippen molar-refractivity contribution in [2.75, 3.05) is 7.11 Å². The molecule has 0 bridgehead atoms. The summed E-state index contributed by atoms with van der Waals surface area (Å²) in [7, 11) is 1.35. The number of hydrogen-bond donors (Lipinski definition) is 0. The molecule has 0 saturated heterocycles. The molecule has 0 atom stereocenters. The van der Waals surface area contributed by atoms with Gasteiger partial charge in [0, 0.05) is 5.56 Å². The third kappa shape index (κ3) is 1.35. The number of carbonyl (C=O) groups excluding carboxylic acids is 1. The predicted molar refractivity (Wildman–Crippen MR) is 44.2 cm³/mol. The molecule has 1 aromatic heterocycles. The maximum Gasteiger partial charge on any atom is 0.374 e. The van der Waals surface area contributed by atoms with Gasteiger partial charge in [0.1, 0.15) is 0 Å². The normalized spacial score (nSPS) is 9.92. The Hall–Kier alpha value is -1.25. The smallest absolute Gasteiger partial charge is 0.374 e. The standard InChI is InChI=1S/C9H12O3/c1-4-7-6(2)5-12-8(7)9(10)11-3/h5H,4H2,1-3H3. The Morgan fingerprint density at radius 2 is 2.33 bits per heavy atom. The van der Waals surface area contributed by atoms with Crippen LogP contribution in [0.15, 0.2) is 10.7 Å². The van der Waals surface area contributed by atoms with Gasteiger partial charge >= 0.3 is 5.97 Å². The molecule has 0 spiro atoms. The van der Waals surface area contributed by atoms with Crippen molar-refractivity contribution < 1.29 is 13.9 Å². The first-order valence-corrected chi connectivity index (χ1v) is 3.86. The monoisotopic (exact) mass is 168 g/mol. The van der Waals surface area contributed by atoms with Gasteiger partial charge in [0.15, 0.2) is 0 Å². The van der Waals surface area contributed by atoms with Crippen LogP contribution in [0.5, 0.6) is 0 Å². The van der Waals surface area contributed by atoms with Crippen molar-refractivity contribution in [2.24, 2.45) is 0 Å². The van der Waals surface area contributed by atoms with Gasteiger partial charge in [-0.25, -0.2) is 4.79 Å². The first-order valence-electron chi connectivity index (χ1n) is 3.86. The average molecular weight is 168 g/mol. The predicted octanol–water partition coefficient (Wildman–Crippen LogP) is 1.94. The van der Waals surface area contributed by atoms with Gasteiger partial charge < -0.3 is 9.15 Å².